The van der Waals surface area contributed by atoms with Crippen molar-refractivity contribution in [2.75, 3.05) is 32.1 Å². The molecule has 8 nitrogen and oxygen atoms in total. The summed E-state index contributed by atoms with van der Waals surface area (Å²) in [4.78, 5) is 18.5. The van der Waals surface area contributed by atoms with Crippen molar-refractivity contribution in [3.63, 3.8) is 0 Å². The summed E-state index contributed by atoms with van der Waals surface area (Å²) in [6.45, 7) is 1.86. The lowest BCUT2D eigenvalue weighted by molar-refractivity contribution is -0.138. The number of amides is 2. The highest BCUT2D eigenvalue weighted by Gasteiger charge is 2.34. The Morgan fingerprint density at radius 1 is 1.29 bits per heavy atom. The van der Waals surface area contributed by atoms with Gasteiger partial charge in [0.05, 0.1) is 25.0 Å². The molecule has 2 aromatic rings. The molecule has 1 aromatic heterocycles. The summed E-state index contributed by atoms with van der Waals surface area (Å²) < 4.78 is 43.9. The van der Waals surface area contributed by atoms with Crippen LogP contribution in [0.5, 0.6) is 5.75 Å². The number of ether oxygens (including phenoxy) is 1. The van der Waals surface area contributed by atoms with Crippen LogP contribution < -0.4 is 10.1 Å². The predicted molar refractivity (Wildman–Crippen MR) is 118 cm³/mol. The fourth-order valence-corrected chi connectivity index (χ4v) is 3.69. The van der Waals surface area contributed by atoms with Gasteiger partial charge < -0.3 is 30.3 Å². The van der Waals surface area contributed by atoms with Crippen LogP contribution in [-0.4, -0.2) is 64.1 Å². The van der Waals surface area contributed by atoms with Gasteiger partial charge in [0.1, 0.15) is 18.0 Å². The minimum Gasteiger partial charge on any atom is -0.496 e. The Balaban J connectivity index is 1.67. The number of carbonyl (C=O) groups excluding carboxylic acids is 1. The molecule has 34 heavy (non-hydrogen) atoms. The van der Waals surface area contributed by atoms with Crippen molar-refractivity contribution in [1.29, 1.82) is 0 Å². The van der Waals surface area contributed by atoms with Gasteiger partial charge in [0.2, 0.25) is 0 Å². The zero-order valence-electron chi connectivity index (χ0n) is 18.6. The summed E-state index contributed by atoms with van der Waals surface area (Å²) >= 11 is 0. The van der Waals surface area contributed by atoms with Gasteiger partial charge in [0.15, 0.2) is 0 Å². The van der Waals surface area contributed by atoms with Gasteiger partial charge in [-0.05, 0) is 42.7 Å². The number of hydrogen-bond acceptors (Lipinski definition) is 6. The second kappa shape index (κ2) is 10.4. The molecule has 0 radical (unpaired) electrons. The number of benzene rings is 1. The van der Waals surface area contributed by atoms with E-state index in [0.29, 0.717) is 24.2 Å². The van der Waals surface area contributed by atoms with Gasteiger partial charge in [0, 0.05) is 36.6 Å². The molecule has 0 saturated carbocycles. The van der Waals surface area contributed by atoms with Crippen LogP contribution in [0.25, 0.3) is 5.57 Å². The maximum Gasteiger partial charge on any atom is 0.419 e. The number of aromatic nitrogens is 1. The summed E-state index contributed by atoms with van der Waals surface area (Å²) in [7, 11) is 1.13. The van der Waals surface area contributed by atoms with E-state index in [1.165, 1.54) is 17.2 Å². The van der Waals surface area contributed by atoms with Gasteiger partial charge in [-0.25, -0.2) is 4.79 Å². The van der Waals surface area contributed by atoms with Crippen LogP contribution in [0.4, 0.5) is 23.7 Å². The van der Waals surface area contributed by atoms with Crippen LogP contribution in [-0.2, 0) is 6.18 Å². The van der Waals surface area contributed by atoms with E-state index in [4.69, 9.17) is 9.84 Å². The molecule has 3 rings (SSSR count). The Morgan fingerprint density at radius 2 is 2.03 bits per heavy atom. The average Bonchev–Trinajstić information content (AvgIpc) is 2.82. The Kier molecular flexibility index (Phi) is 7.80. The third-order valence-corrected chi connectivity index (χ3v) is 5.55. The minimum atomic E-state index is -4.57. The minimum absolute atomic E-state index is 0.182. The first kappa shape index (κ1) is 25.5. The van der Waals surface area contributed by atoms with Crippen molar-refractivity contribution in [3.05, 3.63) is 58.9 Å². The lowest BCUT2D eigenvalue weighted by Crippen LogP contribution is -2.38. The molecule has 0 fully saturated rings. The number of methoxy groups -OCH3 is 1. The van der Waals surface area contributed by atoms with Crippen LogP contribution in [0.3, 0.4) is 0 Å². The number of pyridine rings is 1. The Labute approximate surface area is 194 Å². The number of halogens is 3. The van der Waals surface area contributed by atoms with E-state index in [0.717, 1.165) is 30.4 Å². The summed E-state index contributed by atoms with van der Waals surface area (Å²) in [5, 5.41) is 31.2. The average molecular weight is 481 g/mol. The molecular formula is C23H26F3N3O5. The Hall–Kier alpha value is -3.15. The molecule has 0 spiro atoms. The highest BCUT2D eigenvalue weighted by Crippen LogP contribution is 2.37. The number of alkyl halides is 3. The van der Waals surface area contributed by atoms with Crippen LogP contribution in [0.1, 0.15) is 34.9 Å². The van der Waals surface area contributed by atoms with Crippen molar-refractivity contribution in [2.24, 2.45) is 0 Å². The van der Waals surface area contributed by atoms with E-state index in [1.807, 2.05) is 13.0 Å². The van der Waals surface area contributed by atoms with E-state index >= 15 is 0 Å². The summed E-state index contributed by atoms with van der Waals surface area (Å²) in [5.74, 6) is -0.382. The Morgan fingerprint density at radius 3 is 2.59 bits per heavy atom. The molecule has 184 valence electrons. The number of nitrogens with one attached hydrogen (secondary N) is 1. The lowest BCUT2D eigenvalue weighted by atomic mass is 9.98. The predicted octanol–water partition coefficient (Wildman–Crippen LogP) is 3.13. The Bertz CT molecular complexity index is 1070. The quantitative estimate of drug-likeness (QED) is 0.504. The maximum absolute atomic E-state index is 13.0. The number of urea groups is 1. The number of carbonyl (C=O) groups is 1. The smallest absolute Gasteiger partial charge is 0.419 e. The van der Waals surface area contributed by atoms with Gasteiger partial charge >= 0.3 is 12.2 Å². The number of aliphatic hydroxyl groups excluding tert-OH is 3. The number of anilines is 1. The molecule has 0 saturated heterocycles. The summed E-state index contributed by atoms with van der Waals surface area (Å²) in [6.07, 6.45) is -3.36. The van der Waals surface area contributed by atoms with Gasteiger partial charge in [-0.2, -0.15) is 13.2 Å². The van der Waals surface area contributed by atoms with Crippen LogP contribution in [0.2, 0.25) is 0 Å². The summed E-state index contributed by atoms with van der Waals surface area (Å²) in [5.41, 5.74) is 2.01. The molecule has 2 amide bonds. The van der Waals surface area contributed by atoms with Gasteiger partial charge in [0.25, 0.3) is 0 Å². The fourth-order valence-electron chi connectivity index (χ4n) is 3.69. The maximum atomic E-state index is 13.0. The zero-order valence-corrected chi connectivity index (χ0v) is 18.6. The third kappa shape index (κ3) is 5.66. The molecule has 2 atom stereocenters. The normalized spacial score (nSPS) is 16.0. The largest absolute Gasteiger partial charge is 0.496 e. The van der Waals surface area contributed by atoms with Gasteiger partial charge in [-0.15, -0.1) is 0 Å². The monoisotopic (exact) mass is 481 g/mol. The van der Waals surface area contributed by atoms with Crippen LogP contribution in [0, 0.1) is 6.92 Å². The number of aliphatic hydroxyl groups is 3. The number of nitrogens with zero attached hydrogens (tertiary/aromatic N) is 2. The van der Waals surface area contributed by atoms with Crippen molar-refractivity contribution in [1.82, 2.24) is 9.88 Å². The molecule has 1 aromatic carbocycles. The number of aryl methyl sites for hydroxylation is 1. The van der Waals surface area contributed by atoms with Crippen molar-refractivity contribution >= 4 is 17.3 Å². The first-order valence-corrected chi connectivity index (χ1v) is 10.5. The third-order valence-electron chi connectivity index (χ3n) is 5.55. The topological polar surface area (TPSA) is 115 Å². The molecule has 1 aliphatic rings. The van der Waals surface area contributed by atoms with Gasteiger partial charge in [-0.1, -0.05) is 6.08 Å². The SMILES string of the molecule is COc1cc(NC(=O)N2CC=C(c3ncc([C@H](O)[C@@H](O)CO)cc3C)CC2)ccc1C(F)(F)F. The molecule has 4 N–H and O–H groups in total. The first-order valence-electron chi connectivity index (χ1n) is 10.5. The van der Waals surface area contributed by atoms with Crippen molar-refractivity contribution in [3.8, 4) is 5.75 Å². The van der Waals surface area contributed by atoms with E-state index in [9.17, 15) is 28.2 Å². The molecule has 0 unspecified atom stereocenters. The molecular weight excluding hydrogens is 455 g/mol. The fraction of sp³-hybridized carbons (Fsp3) is 0.391. The van der Waals surface area contributed by atoms with E-state index in [2.05, 4.69) is 10.3 Å². The van der Waals surface area contributed by atoms with E-state index < -0.39 is 36.6 Å². The molecule has 0 aliphatic carbocycles. The standard InChI is InChI=1S/C23H26F3N3O5/c1-13-9-15(21(32)18(31)12-30)11-27-20(13)14-5-7-29(8-6-14)22(33)28-16-3-4-17(23(24,25)26)19(10-16)34-2/h3-5,9-11,18,21,30-32H,6-8,12H2,1-2H3,(H,28,33)/t18-,21-/m0/s1. The highest BCUT2D eigenvalue weighted by atomic mass is 19.4. The van der Waals surface area contributed by atoms with Crippen molar-refractivity contribution in [2.45, 2.75) is 31.7 Å². The molecule has 2 heterocycles. The number of hydrogen-bond donors (Lipinski definition) is 4. The number of rotatable bonds is 6. The molecule has 11 heteroatoms. The molecule has 1 aliphatic heterocycles. The second-order valence-electron chi connectivity index (χ2n) is 7.90. The van der Waals surface area contributed by atoms with E-state index in [-0.39, 0.29) is 18.0 Å². The van der Waals surface area contributed by atoms with Crippen LogP contribution >= 0.6 is 0 Å². The highest BCUT2D eigenvalue weighted by molar-refractivity contribution is 5.90. The van der Waals surface area contributed by atoms with E-state index in [1.54, 1.807) is 6.07 Å². The van der Waals surface area contributed by atoms with Gasteiger partial charge in [-0.3, -0.25) is 4.98 Å². The van der Waals surface area contributed by atoms with Crippen molar-refractivity contribution < 1.29 is 38.0 Å². The molecule has 0 bridgehead atoms. The zero-order chi connectivity index (χ0) is 25.0. The summed E-state index contributed by atoms with van der Waals surface area (Å²) in [6, 6.07) is 4.38. The lowest BCUT2D eigenvalue weighted by Gasteiger charge is -2.27. The first-order chi connectivity index (χ1) is 16.0. The van der Waals surface area contributed by atoms with Crippen LogP contribution in [0.15, 0.2) is 36.5 Å². The second-order valence-corrected chi connectivity index (χ2v) is 7.90.